The van der Waals surface area contributed by atoms with Gasteiger partial charge in [0.05, 0.1) is 6.04 Å². The van der Waals surface area contributed by atoms with Crippen LogP contribution in [0.2, 0.25) is 0 Å². The molecule has 4 atom stereocenters. The molecule has 13 N–H and O–H groups in total. The summed E-state index contributed by atoms with van der Waals surface area (Å²) in [6, 6.07) is -4.58. The minimum atomic E-state index is -1.36. The number of carboxylic acids is 2. The van der Waals surface area contributed by atoms with E-state index in [4.69, 9.17) is 28.0 Å². The number of nitrogens with one attached hydrogen (secondary N) is 3. The Morgan fingerprint density at radius 3 is 1.89 bits per heavy atom. The van der Waals surface area contributed by atoms with Crippen molar-refractivity contribution in [2.24, 2.45) is 33.8 Å². The molecule has 0 saturated heterocycles. The molecule has 0 aromatic carbocycles. The van der Waals surface area contributed by atoms with Crippen molar-refractivity contribution >= 4 is 35.6 Å². The summed E-state index contributed by atoms with van der Waals surface area (Å²) in [4.78, 5) is 65.1. The van der Waals surface area contributed by atoms with Gasteiger partial charge in [0.1, 0.15) is 18.1 Å². The fraction of sp³-hybridized carbons (Fsp3) is 0.739. The van der Waals surface area contributed by atoms with Crippen LogP contribution in [0.25, 0.3) is 0 Å². The Balaban J connectivity index is 5.50. The van der Waals surface area contributed by atoms with Gasteiger partial charge >= 0.3 is 11.9 Å². The molecule has 15 heteroatoms. The number of rotatable bonds is 20. The highest BCUT2D eigenvalue weighted by Crippen LogP contribution is 2.09. The zero-order valence-corrected chi connectivity index (χ0v) is 22.2. The van der Waals surface area contributed by atoms with E-state index < -0.39 is 60.2 Å². The highest BCUT2D eigenvalue weighted by Gasteiger charge is 2.30. The third-order valence-electron chi connectivity index (χ3n) is 5.49. The van der Waals surface area contributed by atoms with Gasteiger partial charge in [-0.05, 0) is 51.0 Å². The van der Waals surface area contributed by atoms with Crippen molar-refractivity contribution in [2.45, 2.75) is 89.4 Å². The second kappa shape index (κ2) is 18.7. The van der Waals surface area contributed by atoms with Crippen LogP contribution in [0.3, 0.4) is 0 Å². The second-order valence-electron chi connectivity index (χ2n) is 9.42. The Hall–Kier alpha value is -3.46. The summed E-state index contributed by atoms with van der Waals surface area (Å²) in [6.45, 7) is 4.28. The van der Waals surface area contributed by atoms with Crippen LogP contribution >= 0.6 is 0 Å². The van der Waals surface area contributed by atoms with Crippen molar-refractivity contribution in [3.05, 3.63) is 0 Å². The summed E-state index contributed by atoms with van der Waals surface area (Å²) >= 11 is 0. The van der Waals surface area contributed by atoms with Gasteiger partial charge in [-0.3, -0.25) is 24.2 Å². The van der Waals surface area contributed by atoms with E-state index in [1.807, 2.05) is 13.8 Å². The Morgan fingerprint density at radius 2 is 1.37 bits per heavy atom. The molecule has 0 bridgehead atoms. The maximum Gasteiger partial charge on any atom is 0.326 e. The standard InChI is InChI=1S/C23H44N8O7/c1-13(2)12-17(31-19(34)14(25)6-3-4-10-24)21(36)29-15(8-9-18(32)33)20(35)30-16(22(37)38)7-5-11-28-23(26)27/h13-17H,3-12,24-25H2,1-2H3,(H,29,36)(H,30,35)(H,31,34)(H,32,33)(H,37,38)(H4,26,27,28). The number of amides is 3. The lowest BCUT2D eigenvalue weighted by Crippen LogP contribution is -2.57. The maximum absolute atomic E-state index is 13.1. The molecule has 0 aromatic heterocycles. The molecule has 3 amide bonds. The summed E-state index contributed by atoms with van der Waals surface area (Å²) in [5.74, 6) is -4.83. The Bertz CT molecular complexity index is 818. The van der Waals surface area contributed by atoms with Crippen LogP contribution in [0.1, 0.15) is 65.2 Å². The van der Waals surface area contributed by atoms with E-state index >= 15 is 0 Å². The van der Waals surface area contributed by atoms with Crippen molar-refractivity contribution in [1.82, 2.24) is 16.0 Å². The van der Waals surface area contributed by atoms with E-state index in [1.54, 1.807) is 0 Å². The number of aliphatic imine (C=N–C) groups is 1. The number of carbonyl (C=O) groups is 5. The van der Waals surface area contributed by atoms with Gasteiger partial charge < -0.3 is 49.1 Å². The topological polar surface area (TPSA) is 278 Å². The smallest absolute Gasteiger partial charge is 0.326 e. The lowest BCUT2D eigenvalue weighted by molar-refractivity contribution is -0.143. The molecule has 0 fully saturated rings. The quantitative estimate of drug-likeness (QED) is 0.0456. The van der Waals surface area contributed by atoms with Crippen LogP contribution < -0.4 is 38.9 Å². The fourth-order valence-electron chi connectivity index (χ4n) is 3.46. The van der Waals surface area contributed by atoms with Gasteiger partial charge in [-0.25, -0.2) is 4.79 Å². The molecule has 0 aromatic rings. The summed E-state index contributed by atoms with van der Waals surface area (Å²) in [6.07, 6.45) is 1.41. The lowest BCUT2D eigenvalue weighted by Gasteiger charge is -2.26. The third-order valence-corrected chi connectivity index (χ3v) is 5.49. The molecule has 0 aliphatic rings. The Labute approximate surface area is 222 Å². The highest BCUT2D eigenvalue weighted by atomic mass is 16.4. The van der Waals surface area contributed by atoms with Crippen molar-refractivity contribution < 1.29 is 34.2 Å². The van der Waals surface area contributed by atoms with Crippen molar-refractivity contribution in [1.29, 1.82) is 0 Å². The van der Waals surface area contributed by atoms with Gasteiger partial charge in [-0.2, -0.15) is 0 Å². The summed E-state index contributed by atoms with van der Waals surface area (Å²) in [7, 11) is 0. The normalized spacial score (nSPS) is 14.0. The zero-order chi connectivity index (χ0) is 29.3. The molecule has 0 aliphatic heterocycles. The van der Waals surface area contributed by atoms with Gasteiger partial charge in [-0.15, -0.1) is 0 Å². The molecule has 0 rings (SSSR count). The number of carboxylic acid groups (broad SMARTS) is 2. The molecular weight excluding hydrogens is 500 g/mol. The van der Waals surface area contributed by atoms with Gasteiger partial charge in [0.15, 0.2) is 5.96 Å². The van der Waals surface area contributed by atoms with Crippen molar-refractivity contribution in [2.75, 3.05) is 13.1 Å². The lowest BCUT2D eigenvalue weighted by atomic mass is 10.0. The number of guanidine groups is 1. The van der Waals surface area contributed by atoms with E-state index in [1.165, 1.54) is 0 Å². The monoisotopic (exact) mass is 544 g/mol. The van der Waals surface area contributed by atoms with E-state index in [0.29, 0.717) is 25.8 Å². The molecule has 0 radical (unpaired) electrons. The molecule has 0 spiro atoms. The van der Waals surface area contributed by atoms with Gasteiger partial charge in [0.2, 0.25) is 17.7 Å². The highest BCUT2D eigenvalue weighted by molar-refractivity contribution is 5.94. The first-order valence-corrected chi connectivity index (χ1v) is 12.6. The molecule has 218 valence electrons. The van der Waals surface area contributed by atoms with Crippen molar-refractivity contribution in [3.63, 3.8) is 0 Å². The second-order valence-corrected chi connectivity index (χ2v) is 9.42. The van der Waals surface area contributed by atoms with Crippen LogP contribution in [0.15, 0.2) is 4.99 Å². The minimum absolute atomic E-state index is 0.00841. The first-order valence-electron chi connectivity index (χ1n) is 12.6. The van der Waals surface area contributed by atoms with Crippen LogP contribution in [0.4, 0.5) is 0 Å². The molecule has 4 unspecified atom stereocenters. The Kier molecular flexibility index (Phi) is 17.0. The number of hydrogen-bond acceptors (Lipinski definition) is 8. The number of aliphatic carboxylic acids is 2. The largest absolute Gasteiger partial charge is 0.481 e. The number of unbranched alkanes of at least 4 members (excludes halogenated alkanes) is 1. The zero-order valence-electron chi connectivity index (χ0n) is 22.2. The first kappa shape index (κ1) is 34.5. The number of nitrogens with zero attached hydrogens (tertiary/aromatic N) is 1. The molecule has 0 aliphatic carbocycles. The van der Waals surface area contributed by atoms with Crippen LogP contribution in [0.5, 0.6) is 0 Å². The van der Waals surface area contributed by atoms with Crippen LogP contribution in [0, 0.1) is 5.92 Å². The van der Waals surface area contributed by atoms with E-state index in [2.05, 4.69) is 20.9 Å². The third kappa shape index (κ3) is 15.6. The molecular formula is C23H44N8O7. The Morgan fingerprint density at radius 1 is 0.789 bits per heavy atom. The molecule has 0 heterocycles. The molecule has 0 saturated carbocycles. The molecule has 38 heavy (non-hydrogen) atoms. The summed E-state index contributed by atoms with van der Waals surface area (Å²) in [5, 5.41) is 26.0. The van der Waals surface area contributed by atoms with Gasteiger partial charge in [-0.1, -0.05) is 20.3 Å². The predicted octanol–water partition coefficient (Wildman–Crippen LogP) is -2.05. The number of hydrogen-bond donors (Lipinski definition) is 9. The summed E-state index contributed by atoms with van der Waals surface area (Å²) in [5.41, 5.74) is 21.9. The van der Waals surface area contributed by atoms with Crippen LogP contribution in [-0.4, -0.2) is 83.1 Å². The molecule has 15 nitrogen and oxygen atoms in total. The van der Waals surface area contributed by atoms with Crippen molar-refractivity contribution in [3.8, 4) is 0 Å². The van der Waals surface area contributed by atoms with E-state index in [-0.39, 0.29) is 44.1 Å². The average molecular weight is 545 g/mol. The first-order chi connectivity index (χ1) is 17.8. The fourth-order valence-corrected chi connectivity index (χ4v) is 3.46. The van der Waals surface area contributed by atoms with Gasteiger partial charge in [0.25, 0.3) is 0 Å². The minimum Gasteiger partial charge on any atom is -0.481 e. The SMILES string of the molecule is CC(C)CC(NC(=O)C(N)CCCCN)C(=O)NC(CCC(=O)O)C(=O)NC(CCCN=C(N)N)C(=O)O. The average Bonchev–Trinajstić information content (AvgIpc) is 2.82. The van der Waals surface area contributed by atoms with E-state index in [9.17, 15) is 29.1 Å². The number of nitrogens with two attached hydrogens (primary N) is 4. The summed E-state index contributed by atoms with van der Waals surface area (Å²) < 4.78 is 0. The van der Waals surface area contributed by atoms with E-state index in [0.717, 1.165) is 0 Å². The van der Waals surface area contributed by atoms with Gasteiger partial charge in [0, 0.05) is 13.0 Å². The van der Waals surface area contributed by atoms with Crippen LogP contribution in [-0.2, 0) is 24.0 Å². The predicted molar refractivity (Wildman–Crippen MR) is 141 cm³/mol. The number of carbonyl (C=O) groups excluding carboxylic acids is 3. The maximum atomic E-state index is 13.1.